The number of alkyl halides is 3. The Labute approximate surface area is 148 Å². The lowest BCUT2D eigenvalue weighted by molar-refractivity contribution is -0.139. The van der Waals surface area contributed by atoms with E-state index in [1.165, 1.54) is 6.07 Å². The summed E-state index contributed by atoms with van der Waals surface area (Å²) < 4.78 is 39.7. The zero-order valence-electron chi connectivity index (χ0n) is 11.8. The molecule has 0 aliphatic carbocycles. The molecule has 1 atom stereocenters. The Bertz CT molecular complexity index is 497. The number of rotatable bonds is 2. The lowest BCUT2D eigenvalue weighted by atomic mass is 9.98. The summed E-state index contributed by atoms with van der Waals surface area (Å²) >= 11 is 3.09. The monoisotopic (exact) mass is 424 g/mol. The van der Waals surface area contributed by atoms with Crippen LogP contribution in [-0.2, 0) is 6.18 Å². The molecular weight excluding hydrogens is 408 g/mol. The van der Waals surface area contributed by atoms with Crippen molar-refractivity contribution in [1.82, 2.24) is 10.2 Å². The molecule has 2 N–H and O–H groups in total. The quantitative estimate of drug-likeness (QED) is 0.752. The van der Waals surface area contributed by atoms with Crippen molar-refractivity contribution < 1.29 is 18.3 Å². The number of benzene rings is 1. The van der Waals surface area contributed by atoms with E-state index in [1.54, 1.807) is 6.92 Å². The first-order valence-corrected chi connectivity index (χ1v) is 7.15. The van der Waals surface area contributed by atoms with E-state index in [0.29, 0.717) is 13.1 Å². The van der Waals surface area contributed by atoms with Crippen LogP contribution in [0, 0.1) is 0 Å². The molecule has 9 heteroatoms. The van der Waals surface area contributed by atoms with Crippen molar-refractivity contribution in [1.29, 1.82) is 0 Å². The summed E-state index contributed by atoms with van der Waals surface area (Å²) in [7, 11) is 0. The number of piperazine rings is 1. The summed E-state index contributed by atoms with van der Waals surface area (Å²) in [6, 6.07) is 1.75. The van der Waals surface area contributed by atoms with Crippen molar-refractivity contribution in [3.63, 3.8) is 0 Å². The van der Waals surface area contributed by atoms with Crippen LogP contribution in [0.25, 0.3) is 0 Å². The summed E-state index contributed by atoms with van der Waals surface area (Å²) in [5.41, 5.74) is -0.835. The maximum atomic E-state index is 13.1. The van der Waals surface area contributed by atoms with E-state index in [1.807, 2.05) is 4.90 Å². The fourth-order valence-electron chi connectivity index (χ4n) is 2.50. The fraction of sp³-hybridized carbons (Fsp3) is 0.538. The molecule has 1 aromatic carbocycles. The maximum absolute atomic E-state index is 13.1. The highest BCUT2D eigenvalue weighted by Gasteiger charge is 2.37. The molecule has 1 heterocycles. The van der Waals surface area contributed by atoms with E-state index >= 15 is 0 Å². The minimum atomic E-state index is -4.48. The fourth-order valence-corrected chi connectivity index (χ4v) is 2.85. The van der Waals surface area contributed by atoms with Gasteiger partial charge in [0, 0.05) is 37.8 Å². The third-order valence-electron chi connectivity index (χ3n) is 3.59. The van der Waals surface area contributed by atoms with Gasteiger partial charge in [0.05, 0.1) is 10.0 Å². The van der Waals surface area contributed by atoms with Crippen LogP contribution in [-0.4, -0.2) is 36.2 Å². The molecule has 1 aromatic rings. The summed E-state index contributed by atoms with van der Waals surface area (Å²) in [5.74, 6) is -0.328. The minimum Gasteiger partial charge on any atom is -0.506 e. The van der Waals surface area contributed by atoms with Crippen LogP contribution >= 0.6 is 40.7 Å². The third kappa shape index (κ3) is 4.64. The lowest BCUT2D eigenvalue weighted by Crippen LogP contribution is -2.44. The second kappa shape index (κ2) is 8.59. The van der Waals surface area contributed by atoms with E-state index in [2.05, 4.69) is 21.2 Å². The smallest absolute Gasteiger partial charge is 0.416 e. The Hall–Kier alpha value is -0.210. The number of hydrogen-bond donors (Lipinski definition) is 2. The van der Waals surface area contributed by atoms with Crippen LogP contribution in [0.5, 0.6) is 5.75 Å². The number of phenols is 1. The van der Waals surface area contributed by atoms with Gasteiger partial charge < -0.3 is 10.4 Å². The predicted molar refractivity (Wildman–Crippen MR) is 88.2 cm³/mol. The Kier molecular flexibility index (Phi) is 8.51. The number of aromatic hydroxyl groups is 1. The zero-order valence-corrected chi connectivity index (χ0v) is 15.0. The van der Waals surface area contributed by atoms with Gasteiger partial charge in [-0.15, -0.1) is 24.8 Å². The molecule has 0 aromatic heterocycles. The van der Waals surface area contributed by atoms with Gasteiger partial charge in [0.15, 0.2) is 0 Å². The zero-order chi connectivity index (χ0) is 14.9. The normalized spacial score (nSPS) is 17.3. The van der Waals surface area contributed by atoms with Crippen molar-refractivity contribution in [3.05, 3.63) is 27.7 Å². The number of nitrogens with zero attached hydrogens (tertiary/aromatic N) is 1. The summed E-state index contributed by atoms with van der Waals surface area (Å²) in [6.45, 7) is 4.48. The number of hydrogen-bond acceptors (Lipinski definition) is 3. The molecule has 1 aliphatic heterocycles. The Balaban J connectivity index is 0.00000220. The summed E-state index contributed by atoms with van der Waals surface area (Å²) in [5, 5.41) is 13.2. The maximum Gasteiger partial charge on any atom is 0.416 e. The van der Waals surface area contributed by atoms with Gasteiger partial charge in [-0.05, 0) is 35.0 Å². The van der Waals surface area contributed by atoms with Gasteiger partial charge in [-0.1, -0.05) is 0 Å². The SMILES string of the molecule is C[C@@H](c1c(C(F)(F)F)ccc(Br)c1O)N1CCNCC1.Cl.Cl. The van der Waals surface area contributed by atoms with Crippen molar-refractivity contribution in [3.8, 4) is 5.75 Å². The average molecular weight is 426 g/mol. The average Bonchev–Trinajstić information content (AvgIpc) is 2.40. The molecule has 128 valence electrons. The van der Waals surface area contributed by atoms with E-state index in [0.717, 1.165) is 19.2 Å². The van der Waals surface area contributed by atoms with E-state index in [-0.39, 0.29) is 40.6 Å². The molecule has 1 aliphatic rings. The molecule has 1 fully saturated rings. The number of halogens is 6. The molecule has 0 spiro atoms. The van der Waals surface area contributed by atoms with Crippen LogP contribution in [0.4, 0.5) is 13.2 Å². The highest BCUT2D eigenvalue weighted by atomic mass is 79.9. The van der Waals surface area contributed by atoms with E-state index in [4.69, 9.17) is 0 Å². The molecule has 0 saturated carbocycles. The van der Waals surface area contributed by atoms with Gasteiger partial charge in [-0.3, -0.25) is 4.90 Å². The second-order valence-corrected chi connectivity index (χ2v) is 5.67. The molecule has 22 heavy (non-hydrogen) atoms. The van der Waals surface area contributed by atoms with Gasteiger partial charge in [0.1, 0.15) is 5.75 Å². The molecule has 0 unspecified atom stereocenters. The Morgan fingerprint density at radius 3 is 2.27 bits per heavy atom. The first kappa shape index (κ1) is 21.8. The molecule has 0 bridgehead atoms. The Morgan fingerprint density at radius 2 is 1.77 bits per heavy atom. The lowest BCUT2D eigenvalue weighted by Gasteiger charge is -2.34. The van der Waals surface area contributed by atoms with Crippen LogP contribution in [0.2, 0.25) is 0 Å². The second-order valence-electron chi connectivity index (χ2n) is 4.82. The molecular formula is C13H18BrCl2F3N2O. The third-order valence-corrected chi connectivity index (χ3v) is 4.23. The summed E-state index contributed by atoms with van der Waals surface area (Å²) in [4.78, 5) is 1.94. The van der Waals surface area contributed by atoms with Crippen molar-refractivity contribution in [2.45, 2.75) is 19.1 Å². The Morgan fingerprint density at radius 1 is 1.23 bits per heavy atom. The molecule has 0 amide bonds. The van der Waals surface area contributed by atoms with Crippen molar-refractivity contribution in [2.24, 2.45) is 0 Å². The first-order chi connectivity index (χ1) is 9.32. The highest BCUT2D eigenvalue weighted by molar-refractivity contribution is 9.10. The van der Waals surface area contributed by atoms with Gasteiger partial charge >= 0.3 is 6.18 Å². The largest absolute Gasteiger partial charge is 0.506 e. The summed E-state index contributed by atoms with van der Waals surface area (Å²) in [6.07, 6.45) is -4.48. The van der Waals surface area contributed by atoms with Crippen molar-refractivity contribution >= 4 is 40.7 Å². The molecule has 0 radical (unpaired) electrons. The predicted octanol–water partition coefficient (Wildman–Crippen LogP) is 3.98. The number of phenolic OH excluding ortho intramolecular Hbond substituents is 1. The standard InChI is InChI=1S/C13H16BrF3N2O.2ClH/c1-8(19-6-4-18-5-7-19)11-9(13(15,16)17)2-3-10(14)12(11)20;;/h2-3,8,18,20H,4-7H2,1H3;2*1H/t8-;;/m0../s1. The van der Waals surface area contributed by atoms with Crippen LogP contribution < -0.4 is 5.32 Å². The van der Waals surface area contributed by atoms with Crippen LogP contribution in [0.15, 0.2) is 16.6 Å². The topological polar surface area (TPSA) is 35.5 Å². The highest BCUT2D eigenvalue weighted by Crippen LogP contribution is 2.43. The van der Waals surface area contributed by atoms with Crippen LogP contribution in [0.3, 0.4) is 0 Å². The van der Waals surface area contributed by atoms with Gasteiger partial charge in [0.25, 0.3) is 0 Å². The molecule has 1 saturated heterocycles. The van der Waals surface area contributed by atoms with Crippen molar-refractivity contribution in [2.75, 3.05) is 26.2 Å². The number of nitrogens with one attached hydrogen (secondary N) is 1. The van der Waals surface area contributed by atoms with Gasteiger partial charge in [-0.2, -0.15) is 13.2 Å². The van der Waals surface area contributed by atoms with Gasteiger partial charge in [0.2, 0.25) is 0 Å². The first-order valence-electron chi connectivity index (χ1n) is 6.35. The van der Waals surface area contributed by atoms with E-state index in [9.17, 15) is 18.3 Å². The van der Waals surface area contributed by atoms with Crippen LogP contribution in [0.1, 0.15) is 24.1 Å². The molecule has 2 rings (SSSR count). The van der Waals surface area contributed by atoms with E-state index < -0.39 is 17.8 Å². The molecule has 3 nitrogen and oxygen atoms in total. The minimum absolute atomic E-state index is 0. The van der Waals surface area contributed by atoms with Gasteiger partial charge in [-0.25, -0.2) is 0 Å².